The smallest absolute Gasteiger partial charge is 0.303 e. The van der Waals surface area contributed by atoms with Crippen molar-refractivity contribution in [1.82, 2.24) is 4.72 Å². The van der Waals surface area contributed by atoms with Crippen molar-refractivity contribution >= 4 is 16.0 Å². The molecule has 2 N–H and O–H groups in total. The molecule has 0 bridgehead atoms. The summed E-state index contributed by atoms with van der Waals surface area (Å²) >= 11 is 0. The Morgan fingerprint density at radius 1 is 1.35 bits per heavy atom. The molecular weight excluding hydrogens is 242 g/mol. The van der Waals surface area contributed by atoms with Crippen LogP contribution in [0.3, 0.4) is 0 Å². The number of aliphatic carboxylic acids is 1. The molecule has 0 aliphatic heterocycles. The van der Waals surface area contributed by atoms with E-state index in [0.29, 0.717) is 25.8 Å². The van der Waals surface area contributed by atoms with Gasteiger partial charge in [-0.15, -0.1) is 0 Å². The number of carboxylic acid groups (broad SMARTS) is 1. The van der Waals surface area contributed by atoms with Gasteiger partial charge in [-0.25, -0.2) is 13.1 Å². The lowest BCUT2D eigenvalue weighted by molar-refractivity contribution is -0.137. The zero-order chi connectivity index (χ0) is 13.3. The fraction of sp³-hybridized carbons (Fsp3) is 0.909. The molecule has 17 heavy (non-hydrogen) atoms. The van der Waals surface area contributed by atoms with E-state index in [0.717, 1.165) is 6.42 Å². The van der Waals surface area contributed by atoms with Crippen molar-refractivity contribution < 1.29 is 18.3 Å². The lowest BCUT2D eigenvalue weighted by Crippen LogP contribution is -2.28. The average molecular weight is 265 g/mol. The molecule has 0 aromatic rings. The summed E-state index contributed by atoms with van der Waals surface area (Å²) in [4.78, 5) is 10.3. The van der Waals surface area contributed by atoms with E-state index < -0.39 is 16.0 Å². The SMILES string of the molecule is CCCCS(=O)(=O)NCCC(C)CCC(=O)O. The monoisotopic (exact) mass is 265 g/mol. The van der Waals surface area contributed by atoms with Crippen molar-refractivity contribution in [1.29, 1.82) is 0 Å². The van der Waals surface area contributed by atoms with Crippen LogP contribution in [0.25, 0.3) is 0 Å². The normalized spacial score (nSPS) is 13.5. The molecule has 0 fully saturated rings. The summed E-state index contributed by atoms with van der Waals surface area (Å²) in [7, 11) is -3.14. The summed E-state index contributed by atoms with van der Waals surface area (Å²) in [6.45, 7) is 4.28. The molecule has 102 valence electrons. The number of hydrogen-bond acceptors (Lipinski definition) is 3. The van der Waals surface area contributed by atoms with E-state index in [4.69, 9.17) is 5.11 Å². The molecular formula is C11H23NO4S. The van der Waals surface area contributed by atoms with Gasteiger partial charge in [-0.05, 0) is 25.2 Å². The minimum Gasteiger partial charge on any atom is -0.481 e. The van der Waals surface area contributed by atoms with Crippen molar-refractivity contribution in [3.05, 3.63) is 0 Å². The van der Waals surface area contributed by atoms with Gasteiger partial charge in [0.1, 0.15) is 0 Å². The van der Waals surface area contributed by atoms with Gasteiger partial charge in [0, 0.05) is 13.0 Å². The zero-order valence-corrected chi connectivity index (χ0v) is 11.4. The van der Waals surface area contributed by atoms with Crippen LogP contribution < -0.4 is 4.72 Å². The minimum absolute atomic E-state index is 0.143. The molecule has 1 unspecified atom stereocenters. The van der Waals surface area contributed by atoms with E-state index in [1.807, 2.05) is 13.8 Å². The fourth-order valence-corrected chi connectivity index (χ4v) is 2.62. The Hall–Kier alpha value is -0.620. The molecule has 6 heteroatoms. The highest BCUT2D eigenvalue weighted by Crippen LogP contribution is 2.09. The number of sulfonamides is 1. The maximum absolute atomic E-state index is 11.4. The molecule has 0 heterocycles. The highest BCUT2D eigenvalue weighted by Gasteiger charge is 2.10. The standard InChI is InChI=1S/C11H23NO4S/c1-3-4-9-17(15,16)12-8-7-10(2)5-6-11(13)14/h10,12H,3-9H2,1-2H3,(H,13,14). The van der Waals surface area contributed by atoms with Crippen LogP contribution in [0.4, 0.5) is 0 Å². The van der Waals surface area contributed by atoms with Crippen molar-refractivity contribution in [2.45, 2.75) is 46.0 Å². The first-order valence-electron chi connectivity index (χ1n) is 6.06. The van der Waals surface area contributed by atoms with Gasteiger partial charge in [-0.3, -0.25) is 4.79 Å². The molecule has 0 rings (SSSR count). The van der Waals surface area contributed by atoms with Crippen molar-refractivity contribution in [3.8, 4) is 0 Å². The van der Waals surface area contributed by atoms with Crippen LogP contribution in [0.15, 0.2) is 0 Å². The van der Waals surface area contributed by atoms with Crippen molar-refractivity contribution in [2.24, 2.45) is 5.92 Å². The van der Waals surface area contributed by atoms with Crippen LogP contribution in [0.2, 0.25) is 0 Å². The molecule has 0 saturated heterocycles. The van der Waals surface area contributed by atoms with Gasteiger partial charge in [0.05, 0.1) is 5.75 Å². The largest absolute Gasteiger partial charge is 0.481 e. The first kappa shape index (κ1) is 16.4. The van der Waals surface area contributed by atoms with E-state index in [1.54, 1.807) is 0 Å². The van der Waals surface area contributed by atoms with Gasteiger partial charge < -0.3 is 5.11 Å². The minimum atomic E-state index is -3.14. The van der Waals surface area contributed by atoms with Gasteiger partial charge in [-0.2, -0.15) is 0 Å². The second-order valence-corrected chi connectivity index (χ2v) is 6.32. The van der Waals surface area contributed by atoms with Gasteiger partial charge in [0.15, 0.2) is 0 Å². The number of unbranched alkanes of at least 4 members (excludes halogenated alkanes) is 1. The molecule has 0 radical (unpaired) electrons. The Morgan fingerprint density at radius 3 is 2.53 bits per heavy atom. The van der Waals surface area contributed by atoms with E-state index in [1.165, 1.54) is 0 Å². The first-order chi connectivity index (χ1) is 7.87. The molecule has 0 aromatic heterocycles. The van der Waals surface area contributed by atoms with Crippen LogP contribution >= 0.6 is 0 Å². The fourth-order valence-electron chi connectivity index (χ4n) is 1.38. The number of carboxylic acids is 1. The average Bonchev–Trinajstić information content (AvgIpc) is 2.23. The summed E-state index contributed by atoms with van der Waals surface area (Å²) in [5.41, 5.74) is 0. The Balaban J connectivity index is 3.71. The summed E-state index contributed by atoms with van der Waals surface area (Å²) in [5.74, 6) is -0.409. The molecule has 0 saturated carbocycles. The number of carbonyl (C=O) groups is 1. The van der Waals surface area contributed by atoms with E-state index in [2.05, 4.69) is 4.72 Å². The maximum atomic E-state index is 11.4. The lowest BCUT2D eigenvalue weighted by atomic mass is 10.0. The highest BCUT2D eigenvalue weighted by molar-refractivity contribution is 7.89. The van der Waals surface area contributed by atoms with E-state index >= 15 is 0 Å². The van der Waals surface area contributed by atoms with Crippen molar-refractivity contribution in [3.63, 3.8) is 0 Å². The Bertz CT molecular complexity index is 313. The molecule has 0 aromatic carbocycles. The molecule has 5 nitrogen and oxygen atoms in total. The molecule has 0 spiro atoms. The third-order valence-electron chi connectivity index (χ3n) is 2.58. The van der Waals surface area contributed by atoms with Crippen molar-refractivity contribution in [2.75, 3.05) is 12.3 Å². The lowest BCUT2D eigenvalue weighted by Gasteiger charge is -2.10. The number of hydrogen-bond donors (Lipinski definition) is 2. The van der Waals surface area contributed by atoms with Crippen LogP contribution in [0.5, 0.6) is 0 Å². The maximum Gasteiger partial charge on any atom is 0.303 e. The zero-order valence-electron chi connectivity index (χ0n) is 10.6. The van der Waals surface area contributed by atoms with Gasteiger partial charge in [0.25, 0.3) is 0 Å². The molecule has 0 aliphatic carbocycles. The number of rotatable bonds is 10. The second kappa shape index (κ2) is 8.47. The van der Waals surface area contributed by atoms with Crippen LogP contribution in [0.1, 0.15) is 46.0 Å². The topological polar surface area (TPSA) is 83.5 Å². The summed E-state index contributed by atoms with van der Waals surface area (Å²) in [6.07, 6.45) is 2.94. The number of nitrogens with one attached hydrogen (secondary N) is 1. The Kier molecular flexibility index (Phi) is 8.16. The second-order valence-electron chi connectivity index (χ2n) is 4.39. The molecule has 0 amide bonds. The first-order valence-corrected chi connectivity index (χ1v) is 7.71. The summed E-state index contributed by atoms with van der Waals surface area (Å²) < 4.78 is 25.4. The van der Waals surface area contributed by atoms with Gasteiger partial charge >= 0.3 is 5.97 Å². The Labute approximate surface area is 104 Å². The summed E-state index contributed by atoms with van der Waals surface area (Å²) in [6, 6.07) is 0. The predicted molar refractivity (Wildman–Crippen MR) is 67.3 cm³/mol. The van der Waals surface area contributed by atoms with Crippen LogP contribution in [-0.4, -0.2) is 31.8 Å². The van der Waals surface area contributed by atoms with E-state index in [9.17, 15) is 13.2 Å². The Morgan fingerprint density at radius 2 is 2.00 bits per heavy atom. The molecule has 0 aliphatic rings. The highest BCUT2D eigenvalue weighted by atomic mass is 32.2. The quantitative estimate of drug-likeness (QED) is 0.628. The van der Waals surface area contributed by atoms with Crippen LogP contribution in [0, 0.1) is 5.92 Å². The van der Waals surface area contributed by atoms with Gasteiger partial charge in [0.2, 0.25) is 10.0 Å². The van der Waals surface area contributed by atoms with Gasteiger partial charge in [-0.1, -0.05) is 20.3 Å². The van der Waals surface area contributed by atoms with Crippen LogP contribution in [-0.2, 0) is 14.8 Å². The summed E-state index contributed by atoms with van der Waals surface area (Å²) in [5, 5.41) is 8.50. The van der Waals surface area contributed by atoms with E-state index in [-0.39, 0.29) is 18.1 Å². The third-order valence-corrected chi connectivity index (χ3v) is 4.05. The predicted octanol–water partition coefficient (Wildman–Crippen LogP) is 1.60. The molecule has 1 atom stereocenters. The third kappa shape index (κ3) is 10.3.